The van der Waals surface area contributed by atoms with Crippen molar-refractivity contribution in [3.8, 4) is 0 Å². The van der Waals surface area contributed by atoms with Crippen LogP contribution in [0, 0.1) is 0 Å². The van der Waals surface area contributed by atoms with Crippen molar-refractivity contribution in [1.82, 2.24) is 19.2 Å². The molecule has 1 aromatic heterocycles. The number of imidazole rings is 1. The van der Waals surface area contributed by atoms with E-state index in [9.17, 15) is 13.2 Å². The third-order valence-electron chi connectivity index (χ3n) is 4.33. The van der Waals surface area contributed by atoms with Gasteiger partial charge in [0.15, 0.2) is 0 Å². The minimum Gasteiger partial charge on any atom is -0.351 e. The van der Waals surface area contributed by atoms with Gasteiger partial charge in [-0.25, -0.2) is 13.4 Å². The molecule has 0 saturated carbocycles. The molecule has 7 nitrogen and oxygen atoms in total. The van der Waals surface area contributed by atoms with Gasteiger partial charge in [0.1, 0.15) is 0 Å². The van der Waals surface area contributed by atoms with Crippen LogP contribution in [0.3, 0.4) is 0 Å². The summed E-state index contributed by atoms with van der Waals surface area (Å²) in [5.41, 5.74) is 2.04. The van der Waals surface area contributed by atoms with Crippen LogP contribution in [-0.4, -0.2) is 41.8 Å². The lowest BCUT2D eigenvalue weighted by atomic mass is 10.1. The van der Waals surface area contributed by atoms with Gasteiger partial charge in [-0.15, -0.1) is 0 Å². The number of amides is 1. The maximum Gasteiger partial charge on any atom is 0.243 e. The SMILES string of the molecule is CN(CC(=O)NCc1ccc(Cn2ccnc2)cc1)S(=O)(=O)c1ccc(Cl)cc1. The molecule has 3 rings (SSSR count). The van der Waals surface area contributed by atoms with Crippen molar-refractivity contribution >= 4 is 27.5 Å². The van der Waals surface area contributed by atoms with E-state index in [4.69, 9.17) is 11.6 Å². The highest BCUT2D eigenvalue weighted by Gasteiger charge is 2.22. The molecule has 0 atom stereocenters. The summed E-state index contributed by atoms with van der Waals surface area (Å²) in [5.74, 6) is -0.382. The summed E-state index contributed by atoms with van der Waals surface area (Å²) in [4.78, 5) is 16.3. The summed E-state index contributed by atoms with van der Waals surface area (Å²) >= 11 is 5.79. The van der Waals surface area contributed by atoms with E-state index in [1.165, 1.54) is 31.3 Å². The molecule has 0 saturated heterocycles. The zero-order chi connectivity index (χ0) is 20.9. The number of hydrogen-bond donors (Lipinski definition) is 1. The maximum absolute atomic E-state index is 12.5. The average molecular weight is 433 g/mol. The molecule has 29 heavy (non-hydrogen) atoms. The van der Waals surface area contributed by atoms with Crippen LogP contribution in [0.4, 0.5) is 0 Å². The smallest absolute Gasteiger partial charge is 0.243 e. The first kappa shape index (κ1) is 21.0. The van der Waals surface area contributed by atoms with Crippen LogP contribution in [-0.2, 0) is 27.9 Å². The van der Waals surface area contributed by atoms with E-state index in [0.717, 1.165) is 22.0 Å². The number of carbonyl (C=O) groups is 1. The zero-order valence-electron chi connectivity index (χ0n) is 15.8. The standard InChI is InChI=1S/C20H21ClN4O3S/c1-24(29(27,28)19-8-6-18(21)7-9-19)14-20(26)23-12-16-2-4-17(5-3-16)13-25-11-10-22-15-25/h2-11,15H,12-14H2,1H3,(H,23,26). The molecule has 1 amide bonds. The van der Waals surface area contributed by atoms with Gasteiger partial charge in [-0.2, -0.15) is 4.31 Å². The Kier molecular flexibility index (Phi) is 6.68. The molecule has 0 aliphatic heterocycles. The zero-order valence-corrected chi connectivity index (χ0v) is 17.4. The lowest BCUT2D eigenvalue weighted by Crippen LogP contribution is -2.38. The number of nitrogens with one attached hydrogen (secondary N) is 1. The molecule has 3 aromatic rings. The quantitative estimate of drug-likeness (QED) is 0.592. The van der Waals surface area contributed by atoms with Crippen LogP contribution in [0.2, 0.25) is 5.02 Å². The van der Waals surface area contributed by atoms with E-state index < -0.39 is 10.0 Å². The molecule has 0 aliphatic rings. The molecule has 1 heterocycles. The molecule has 152 valence electrons. The summed E-state index contributed by atoms with van der Waals surface area (Å²) in [6, 6.07) is 13.7. The summed E-state index contributed by atoms with van der Waals surface area (Å²) in [6.45, 7) is 0.767. The third-order valence-corrected chi connectivity index (χ3v) is 6.39. The Bertz CT molecular complexity index is 1050. The topological polar surface area (TPSA) is 84.3 Å². The van der Waals surface area contributed by atoms with Crippen molar-refractivity contribution in [2.45, 2.75) is 18.0 Å². The van der Waals surface area contributed by atoms with Crippen molar-refractivity contribution in [3.63, 3.8) is 0 Å². The van der Waals surface area contributed by atoms with Crippen LogP contribution in [0.25, 0.3) is 0 Å². The predicted octanol–water partition coefficient (Wildman–Crippen LogP) is 2.52. The van der Waals surface area contributed by atoms with E-state index in [0.29, 0.717) is 11.6 Å². The van der Waals surface area contributed by atoms with Gasteiger partial charge >= 0.3 is 0 Å². The highest BCUT2D eigenvalue weighted by atomic mass is 35.5. The second-order valence-corrected chi connectivity index (χ2v) is 9.02. The van der Waals surface area contributed by atoms with E-state index in [1.54, 1.807) is 12.5 Å². The fourth-order valence-electron chi connectivity index (χ4n) is 2.68. The van der Waals surface area contributed by atoms with Crippen molar-refractivity contribution < 1.29 is 13.2 Å². The van der Waals surface area contributed by atoms with E-state index >= 15 is 0 Å². The lowest BCUT2D eigenvalue weighted by molar-refractivity contribution is -0.121. The number of carbonyl (C=O) groups excluding carboxylic acids is 1. The molecule has 0 radical (unpaired) electrons. The van der Waals surface area contributed by atoms with Gasteiger partial charge in [-0.3, -0.25) is 4.79 Å². The van der Waals surface area contributed by atoms with Gasteiger partial charge in [-0.1, -0.05) is 35.9 Å². The number of nitrogens with zero attached hydrogens (tertiary/aromatic N) is 3. The highest BCUT2D eigenvalue weighted by molar-refractivity contribution is 7.89. The Balaban J connectivity index is 1.52. The first-order chi connectivity index (χ1) is 13.8. The number of benzene rings is 2. The molecule has 1 N–H and O–H groups in total. The molecular weight excluding hydrogens is 412 g/mol. The number of hydrogen-bond acceptors (Lipinski definition) is 4. The van der Waals surface area contributed by atoms with E-state index in [1.807, 2.05) is 35.0 Å². The summed E-state index contributed by atoms with van der Waals surface area (Å²) in [7, 11) is -2.39. The Morgan fingerprint density at radius 3 is 2.38 bits per heavy atom. The first-order valence-electron chi connectivity index (χ1n) is 8.87. The summed E-state index contributed by atoms with van der Waals surface area (Å²) in [6.07, 6.45) is 5.37. The lowest BCUT2D eigenvalue weighted by Gasteiger charge is -2.17. The maximum atomic E-state index is 12.5. The van der Waals surface area contributed by atoms with Gasteiger partial charge in [0, 0.05) is 37.6 Å². The van der Waals surface area contributed by atoms with E-state index in [-0.39, 0.29) is 17.3 Å². The average Bonchev–Trinajstić information content (AvgIpc) is 3.21. The fourth-order valence-corrected chi connectivity index (χ4v) is 3.94. The van der Waals surface area contributed by atoms with Crippen molar-refractivity contribution in [2.24, 2.45) is 0 Å². The number of likely N-dealkylation sites (N-methyl/N-ethyl adjacent to an activating group) is 1. The first-order valence-corrected chi connectivity index (χ1v) is 10.7. The molecule has 0 bridgehead atoms. The Hall–Kier alpha value is -2.68. The monoisotopic (exact) mass is 432 g/mol. The highest BCUT2D eigenvalue weighted by Crippen LogP contribution is 2.17. The van der Waals surface area contributed by atoms with Crippen molar-refractivity contribution in [2.75, 3.05) is 13.6 Å². The fraction of sp³-hybridized carbons (Fsp3) is 0.200. The third kappa shape index (κ3) is 5.66. The summed E-state index contributed by atoms with van der Waals surface area (Å²) < 4.78 is 28.0. The van der Waals surface area contributed by atoms with Crippen LogP contribution in [0.15, 0.2) is 72.1 Å². The Morgan fingerprint density at radius 2 is 1.76 bits per heavy atom. The van der Waals surface area contributed by atoms with Crippen LogP contribution in [0.5, 0.6) is 0 Å². The normalized spacial score (nSPS) is 11.6. The van der Waals surface area contributed by atoms with Crippen LogP contribution in [0.1, 0.15) is 11.1 Å². The van der Waals surface area contributed by atoms with Gasteiger partial charge in [0.05, 0.1) is 17.8 Å². The second-order valence-electron chi connectivity index (χ2n) is 6.54. The number of rotatable bonds is 8. The van der Waals surface area contributed by atoms with Crippen molar-refractivity contribution in [1.29, 1.82) is 0 Å². The minimum absolute atomic E-state index is 0.0886. The van der Waals surface area contributed by atoms with Gasteiger partial charge in [0.2, 0.25) is 15.9 Å². The number of halogens is 1. The number of sulfonamides is 1. The summed E-state index contributed by atoms with van der Waals surface area (Å²) in [5, 5.41) is 3.19. The number of aromatic nitrogens is 2. The predicted molar refractivity (Wildman–Crippen MR) is 111 cm³/mol. The molecule has 2 aromatic carbocycles. The van der Waals surface area contributed by atoms with E-state index in [2.05, 4.69) is 10.3 Å². The second kappa shape index (κ2) is 9.21. The molecule has 0 aliphatic carbocycles. The van der Waals surface area contributed by atoms with Gasteiger partial charge in [-0.05, 0) is 35.4 Å². The molecule has 0 unspecified atom stereocenters. The van der Waals surface area contributed by atoms with Crippen LogP contribution >= 0.6 is 11.6 Å². The van der Waals surface area contributed by atoms with Crippen molar-refractivity contribution in [3.05, 3.63) is 83.4 Å². The van der Waals surface area contributed by atoms with Crippen LogP contribution < -0.4 is 5.32 Å². The molecule has 9 heteroatoms. The minimum atomic E-state index is -3.76. The molecular formula is C20H21ClN4O3S. The largest absolute Gasteiger partial charge is 0.351 e. The molecule has 0 spiro atoms. The molecule has 0 fully saturated rings. The van der Waals surface area contributed by atoms with Gasteiger partial charge in [0.25, 0.3) is 0 Å². The van der Waals surface area contributed by atoms with Gasteiger partial charge < -0.3 is 9.88 Å². The Morgan fingerprint density at radius 1 is 1.10 bits per heavy atom. The Labute approximate surface area is 175 Å².